The lowest BCUT2D eigenvalue weighted by atomic mass is 10.3. The molecule has 0 fully saturated rings. The van der Waals surface area contributed by atoms with Gasteiger partial charge in [0.2, 0.25) is 0 Å². The second-order valence-corrected chi connectivity index (χ2v) is 2.86. The van der Waals surface area contributed by atoms with Gasteiger partial charge in [0.1, 0.15) is 10.0 Å². The Morgan fingerprint density at radius 1 is 0.923 bits per heavy atom. The first-order chi connectivity index (χ1) is 6.00. The van der Waals surface area contributed by atoms with Crippen LogP contribution in [-0.2, 0) is 0 Å². The van der Waals surface area contributed by atoms with Gasteiger partial charge in [-0.1, -0.05) is 23.2 Å². The van der Waals surface area contributed by atoms with Gasteiger partial charge in [-0.25, -0.2) is 13.2 Å². The van der Waals surface area contributed by atoms with E-state index >= 15 is 0 Å². The van der Waals surface area contributed by atoms with Gasteiger partial charge in [-0.2, -0.15) is 0 Å². The van der Waals surface area contributed by atoms with E-state index in [0.29, 0.717) is 0 Å². The fourth-order valence-electron chi connectivity index (χ4n) is 0.764. The zero-order valence-electron chi connectivity index (χ0n) is 6.30. The number of hydrogen-bond acceptors (Lipinski definition) is 1. The van der Waals surface area contributed by atoms with Gasteiger partial charge in [0, 0.05) is 0 Å². The highest BCUT2D eigenvalue weighted by molar-refractivity contribution is 6.34. The summed E-state index contributed by atoms with van der Waals surface area (Å²) in [6, 6.07) is 0. The van der Waals surface area contributed by atoms with Crippen molar-refractivity contribution in [3.05, 3.63) is 27.5 Å². The van der Waals surface area contributed by atoms with Gasteiger partial charge < -0.3 is 4.74 Å². The molecule has 0 amide bonds. The largest absolute Gasteiger partial charge is 0.492 e. The predicted molar refractivity (Wildman–Crippen MR) is 42.9 cm³/mol. The van der Waals surface area contributed by atoms with Crippen LogP contribution < -0.4 is 4.74 Å². The highest BCUT2D eigenvalue weighted by atomic mass is 35.5. The molecule has 72 valence electrons. The monoisotopic (exact) mass is 230 g/mol. The summed E-state index contributed by atoms with van der Waals surface area (Å²) in [5.41, 5.74) is 0. The van der Waals surface area contributed by atoms with Gasteiger partial charge in [-0.05, 0) is 0 Å². The molecule has 1 aromatic carbocycles. The zero-order chi connectivity index (χ0) is 10.2. The Kier molecular flexibility index (Phi) is 2.93. The molecule has 0 saturated heterocycles. The van der Waals surface area contributed by atoms with Gasteiger partial charge in [0.25, 0.3) is 0 Å². The van der Waals surface area contributed by atoms with Crippen molar-refractivity contribution in [1.29, 1.82) is 0 Å². The molecule has 0 atom stereocenters. The minimum Gasteiger partial charge on any atom is -0.492 e. The van der Waals surface area contributed by atoms with E-state index in [1.807, 2.05) is 0 Å². The first-order valence-electron chi connectivity index (χ1n) is 3.06. The van der Waals surface area contributed by atoms with Crippen molar-refractivity contribution in [3.8, 4) is 5.75 Å². The molecule has 0 heterocycles. The summed E-state index contributed by atoms with van der Waals surface area (Å²) >= 11 is 10.3. The molecule has 0 aliphatic heterocycles. The first kappa shape index (κ1) is 10.5. The van der Waals surface area contributed by atoms with E-state index in [-0.39, 0.29) is 0 Å². The molecule has 0 aromatic heterocycles. The molecular weight excluding hydrogens is 228 g/mol. The third kappa shape index (κ3) is 1.56. The molecule has 13 heavy (non-hydrogen) atoms. The van der Waals surface area contributed by atoms with Gasteiger partial charge in [-0.15, -0.1) is 0 Å². The molecule has 1 aromatic rings. The molecule has 0 unspecified atom stereocenters. The Bertz CT molecular complexity index is 325. The average molecular weight is 231 g/mol. The van der Waals surface area contributed by atoms with Crippen LogP contribution in [0.1, 0.15) is 0 Å². The van der Waals surface area contributed by atoms with E-state index in [2.05, 4.69) is 4.74 Å². The first-order valence-corrected chi connectivity index (χ1v) is 3.81. The number of ether oxygens (including phenoxy) is 1. The molecule has 1 nitrogen and oxygen atoms in total. The molecule has 0 bridgehead atoms. The van der Waals surface area contributed by atoms with Crippen molar-refractivity contribution in [3.63, 3.8) is 0 Å². The third-order valence-electron chi connectivity index (χ3n) is 1.37. The van der Waals surface area contributed by atoms with Crippen molar-refractivity contribution in [1.82, 2.24) is 0 Å². The number of methoxy groups -OCH3 is 1. The van der Waals surface area contributed by atoms with Crippen molar-refractivity contribution < 1.29 is 17.9 Å². The van der Waals surface area contributed by atoms with Crippen LogP contribution in [0, 0.1) is 17.5 Å². The maximum absolute atomic E-state index is 13.0. The van der Waals surface area contributed by atoms with E-state index in [1.165, 1.54) is 0 Å². The maximum Gasteiger partial charge on any atom is 0.188 e. The minimum absolute atomic E-state index is 0.606. The Morgan fingerprint density at radius 2 is 1.38 bits per heavy atom. The molecule has 0 saturated carbocycles. The maximum atomic E-state index is 13.0. The van der Waals surface area contributed by atoms with Crippen molar-refractivity contribution >= 4 is 23.2 Å². The van der Waals surface area contributed by atoms with E-state index in [1.54, 1.807) is 0 Å². The normalized spacial score (nSPS) is 10.3. The highest BCUT2D eigenvalue weighted by Crippen LogP contribution is 2.36. The topological polar surface area (TPSA) is 9.23 Å². The van der Waals surface area contributed by atoms with Crippen LogP contribution in [0.2, 0.25) is 10.0 Å². The van der Waals surface area contributed by atoms with Gasteiger partial charge in [0.05, 0.1) is 7.11 Å². The fourth-order valence-corrected chi connectivity index (χ4v) is 1.18. The summed E-state index contributed by atoms with van der Waals surface area (Å²) in [6.07, 6.45) is 0. The highest BCUT2D eigenvalue weighted by Gasteiger charge is 2.23. The molecule has 0 aliphatic rings. The van der Waals surface area contributed by atoms with Crippen molar-refractivity contribution in [2.45, 2.75) is 0 Å². The Labute approximate surface area is 82.0 Å². The minimum atomic E-state index is -1.52. The summed E-state index contributed by atoms with van der Waals surface area (Å²) in [6.45, 7) is 0. The molecule has 0 N–H and O–H groups in total. The molecule has 1 rings (SSSR count). The van der Waals surface area contributed by atoms with Crippen LogP contribution in [-0.4, -0.2) is 7.11 Å². The second kappa shape index (κ2) is 3.64. The number of hydrogen-bond donors (Lipinski definition) is 0. The third-order valence-corrected chi connectivity index (χ3v) is 2.04. The Hall–Kier alpha value is -0.610. The van der Waals surface area contributed by atoms with Gasteiger partial charge in [-0.3, -0.25) is 0 Å². The van der Waals surface area contributed by atoms with E-state index in [4.69, 9.17) is 23.2 Å². The Morgan fingerprint density at radius 3 is 1.85 bits per heavy atom. The summed E-state index contributed by atoms with van der Waals surface area (Å²) in [7, 11) is 1.07. The van der Waals surface area contributed by atoms with Crippen LogP contribution in [0.4, 0.5) is 13.2 Å². The summed E-state index contributed by atoms with van der Waals surface area (Å²) < 4.78 is 42.8. The van der Waals surface area contributed by atoms with Crippen molar-refractivity contribution in [2.24, 2.45) is 0 Å². The SMILES string of the molecule is COc1c(F)c(Cl)c(F)c(F)c1Cl. The molecule has 0 radical (unpaired) electrons. The molecule has 0 spiro atoms. The van der Waals surface area contributed by atoms with Gasteiger partial charge in [0.15, 0.2) is 23.2 Å². The lowest BCUT2D eigenvalue weighted by molar-refractivity contribution is 0.376. The summed E-state index contributed by atoms with van der Waals surface area (Å²) in [4.78, 5) is 0. The fraction of sp³-hybridized carbons (Fsp3) is 0.143. The van der Waals surface area contributed by atoms with Crippen LogP contribution in [0.15, 0.2) is 0 Å². The second-order valence-electron chi connectivity index (χ2n) is 2.10. The van der Waals surface area contributed by atoms with Crippen LogP contribution >= 0.6 is 23.2 Å². The predicted octanol–water partition coefficient (Wildman–Crippen LogP) is 3.42. The van der Waals surface area contributed by atoms with Crippen molar-refractivity contribution in [2.75, 3.05) is 7.11 Å². The number of benzene rings is 1. The van der Waals surface area contributed by atoms with Crippen LogP contribution in [0.25, 0.3) is 0 Å². The van der Waals surface area contributed by atoms with Gasteiger partial charge >= 0.3 is 0 Å². The molecular formula is C7H3Cl2F3O. The quantitative estimate of drug-likeness (QED) is 0.531. The van der Waals surface area contributed by atoms with Crippen LogP contribution in [0.5, 0.6) is 5.75 Å². The van der Waals surface area contributed by atoms with E-state index in [9.17, 15) is 13.2 Å². The summed E-state index contributed by atoms with van der Waals surface area (Å²) in [5.74, 6) is -4.77. The lowest BCUT2D eigenvalue weighted by Gasteiger charge is -2.07. The molecule has 0 aliphatic carbocycles. The standard InChI is InChI=1S/C7H3Cl2F3O/c1-13-7-3(9)5(11)4(10)2(8)6(7)12/h1H3. The molecule has 6 heteroatoms. The zero-order valence-corrected chi connectivity index (χ0v) is 7.81. The smallest absolute Gasteiger partial charge is 0.188 e. The number of rotatable bonds is 1. The Balaban J connectivity index is 3.56. The summed E-state index contributed by atoms with van der Waals surface area (Å²) in [5, 5.41) is -1.74. The number of halogens is 5. The van der Waals surface area contributed by atoms with E-state index in [0.717, 1.165) is 7.11 Å². The lowest BCUT2D eigenvalue weighted by Crippen LogP contribution is -1.97. The van der Waals surface area contributed by atoms with Crippen LogP contribution in [0.3, 0.4) is 0 Å². The average Bonchev–Trinajstić information content (AvgIpc) is 2.13. The van der Waals surface area contributed by atoms with E-state index < -0.39 is 33.2 Å².